The van der Waals surface area contributed by atoms with E-state index in [2.05, 4.69) is 38.1 Å². The average Bonchev–Trinajstić information content (AvgIpc) is 2.66. The van der Waals surface area contributed by atoms with Crippen LogP contribution in [-0.2, 0) is 6.42 Å². The van der Waals surface area contributed by atoms with Crippen molar-refractivity contribution in [3.05, 3.63) is 70.3 Å². The molecule has 18 heavy (non-hydrogen) atoms. The third-order valence-corrected chi connectivity index (χ3v) is 3.67. The SMILES string of the molecule is Cc1cc(C)cc(C2Cc3ccccc3C2=O)c1. The highest BCUT2D eigenvalue weighted by Gasteiger charge is 2.31. The summed E-state index contributed by atoms with van der Waals surface area (Å²) in [6.07, 6.45) is 0.845. The molecule has 0 aromatic heterocycles. The molecule has 0 fully saturated rings. The van der Waals surface area contributed by atoms with Crippen LogP contribution in [0.15, 0.2) is 42.5 Å². The van der Waals surface area contributed by atoms with Crippen LogP contribution in [0.2, 0.25) is 0 Å². The number of ketones is 1. The van der Waals surface area contributed by atoms with Crippen molar-refractivity contribution in [2.75, 3.05) is 0 Å². The Balaban J connectivity index is 2.04. The third-order valence-electron chi connectivity index (χ3n) is 3.67. The lowest BCUT2D eigenvalue weighted by Gasteiger charge is -2.10. The van der Waals surface area contributed by atoms with Crippen molar-refractivity contribution in [3.8, 4) is 0 Å². The van der Waals surface area contributed by atoms with E-state index in [1.54, 1.807) is 0 Å². The van der Waals surface area contributed by atoms with Gasteiger partial charge in [-0.1, -0.05) is 53.6 Å². The van der Waals surface area contributed by atoms with Gasteiger partial charge in [-0.15, -0.1) is 0 Å². The minimum atomic E-state index is 0.0148. The molecule has 0 spiro atoms. The molecule has 3 rings (SSSR count). The Bertz CT molecular complexity index is 605. The second-order valence-electron chi connectivity index (χ2n) is 5.20. The minimum absolute atomic E-state index is 0.0148. The van der Waals surface area contributed by atoms with Crippen molar-refractivity contribution in [2.24, 2.45) is 0 Å². The first kappa shape index (κ1) is 11.2. The predicted molar refractivity (Wildman–Crippen MR) is 73.1 cm³/mol. The lowest BCUT2D eigenvalue weighted by atomic mass is 9.92. The number of Topliss-reactive ketones (excluding diaryl/α,β-unsaturated/α-hetero) is 1. The summed E-state index contributed by atoms with van der Waals surface area (Å²) in [4.78, 5) is 12.4. The molecular formula is C17H16O. The van der Waals surface area contributed by atoms with E-state index in [0.29, 0.717) is 0 Å². The van der Waals surface area contributed by atoms with Crippen LogP contribution in [0.5, 0.6) is 0 Å². The van der Waals surface area contributed by atoms with Crippen LogP contribution in [0.3, 0.4) is 0 Å². The minimum Gasteiger partial charge on any atom is -0.293 e. The summed E-state index contributed by atoms with van der Waals surface area (Å²) in [5.41, 5.74) is 5.71. The number of benzene rings is 2. The van der Waals surface area contributed by atoms with Gasteiger partial charge in [0, 0.05) is 5.56 Å². The molecule has 1 atom stereocenters. The summed E-state index contributed by atoms with van der Waals surface area (Å²) in [7, 11) is 0. The molecule has 1 unspecified atom stereocenters. The first-order valence-electron chi connectivity index (χ1n) is 6.35. The molecule has 0 saturated carbocycles. The Hall–Kier alpha value is -1.89. The Kier molecular flexibility index (Phi) is 2.55. The van der Waals surface area contributed by atoms with Crippen molar-refractivity contribution in [1.29, 1.82) is 0 Å². The van der Waals surface area contributed by atoms with E-state index in [-0.39, 0.29) is 11.7 Å². The second kappa shape index (κ2) is 4.09. The van der Waals surface area contributed by atoms with Gasteiger partial charge in [0.05, 0.1) is 5.92 Å². The number of hydrogen-bond donors (Lipinski definition) is 0. The van der Waals surface area contributed by atoms with Gasteiger partial charge in [-0.05, 0) is 31.4 Å². The van der Waals surface area contributed by atoms with Crippen LogP contribution < -0.4 is 0 Å². The van der Waals surface area contributed by atoms with Crippen molar-refractivity contribution in [2.45, 2.75) is 26.2 Å². The molecule has 1 nitrogen and oxygen atoms in total. The molecule has 90 valence electrons. The molecule has 2 aromatic carbocycles. The summed E-state index contributed by atoms with van der Waals surface area (Å²) in [5.74, 6) is 0.289. The van der Waals surface area contributed by atoms with Crippen molar-refractivity contribution < 1.29 is 4.79 Å². The van der Waals surface area contributed by atoms with Crippen molar-refractivity contribution in [3.63, 3.8) is 0 Å². The van der Waals surface area contributed by atoms with Crippen LogP contribution in [0.1, 0.15) is 38.5 Å². The van der Waals surface area contributed by atoms with Gasteiger partial charge >= 0.3 is 0 Å². The Morgan fingerprint density at radius 2 is 1.67 bits per heavy atom. The fourth-order valence-electron chi connectivity index (χ4n) is 2.92. The molecular weight excluding hydrogens is 220 g/mol. The van der Waals surface area contributed by atoms with Crippen LogP contribution >= 0.6 is 0 Å². The molecule has 1 heteroatoms. The highest BCUT2D eigenvalue weighted by atomic mass is 16.1. The molecule has 0 radical (unpaired) electrons. The maximum Gasteiger partial charge on any atom is 0.170 e. The summed E-state index contributed by atoms with van der Waals surface area (Å²) in [6, 6.07) is 14.4. The Morgan fingerprint density at radius 3 is 2.33 bits per heavy atom. The average molecular weight is 236 g/mol. The van der Waals surface area contributed by atoms with Crippen LogP contribution in [-0.4, -0.2) is 5.78 Å². The van der Waals surface area contributed by atoms with Crippen LogP contribution in [0, 0.1) is 13.8 Å². The molecule has 2 aromatic rings. The number of carbonyl (C=O) groups is 1. The summed E-state index contributed by atoms with van der Waals surface area (Å²) < 4.78 is 0. The molecule has 1 aliphatic rings. The van der Waals surface area contributed by atoms with Crippen LogP contribution in [0.25, 0.3) is 0 Å². The lowest BCUT2D eigenvalue weighted by molar-refractivity contribution is 0.0973. The number of carbonyl (C=O) groups excluding carboxylic acids is 1. The monoisotopic (exact) mass is 236 g/mol. The first-order chi connectivity index (χ1) is 8.65. The van der Waals surface area contributed by atoms with Crippen molar-refractivity contribution in [1.82, 2.24) is 0 Å². The number of rotatable bonds is 1. The smallest absolute Gasteiger partial charge is 0.170 e. The molecule has 0 N–H and O–H groups in total. The number of fused-ring (bicyclic) bond motifs is 1. The van der Waals surface area contributed by atoms with Gasteiger partial charge < -0.3 is 0 Å². The first-order valence-corrected chi connectivity index (χ1v) is 6.35. The molecule has 0 amide bonds. The maximum atomic E-state index is 12.4. The molecule has 1 aliphatic carbocycles. The fourth-order valence-corrected chi connectivity index (χ4v) is 2.92. The lowest BCUT2D eigenvalue weighted by Crippen LogP contribution is -2.07. The molecule has 0 heterocycles. The zero-order valence-electron chi connectivity index (χ0n) is 10.7. The normalized spacial score (nSPS) is 17.9. The number of hydrogen-bond acceptors (Lipinski definition) is 1. The van der Waals surface area contributed by atoms with E-state index >= 15 is 0 Å². The highest BCUT2D eigenvalue weighted by molar-refractivity contribution is 6.05. The van der Waals surface area contributed by atoms with E-state index in [9.17, 15) is 4.79 Å². The Labute approximate surface area is 107 Å². The van der Waals surface area contributed by atoms with Gasteiger partial charge in [0.1, 0.15) is 0 Å². The van der Waals surface area contributed by atoms with E-state index < -0.39 is 0 Å². The standard InChI is InChI=1S/C17H16O/c1-11-7-12(2)9-14(8-11)16-10-13-5-3-4-6-15(13)17(16)18/h3-9,16H,10H2,1-2H3. The zero-order chi connectivity index (χ0) is 12.7. The topological polar surface area (TPSA) is 17.1 Å². The highest BCUT2D eigenvalue weighted by Crippen LogP contribution is 2.34. The van der Waals surface area contributed by atoms with Gasteiger partial charge in [0.15, 0.2) is 5.78 Å². The van der Waals surface area contributed by atoms with E-state index in [1.807, 2.05) is 18.2 Å². The maximum absolute atomic E-state index is 12.4. The fraction of sp³-hybridized carbons (Fsp3) is 0.235. The van der Waals surface area contributed by atoms with Gasteiger partial charge in [-0.25, -0.2) is 0 Å². The quantitative estimate of drug-likeness (QED) is 0.735. The largest absolute Gasteiger partial charge is 0.293 e. The van der Waals surface area contributed by atoms with Crippen LogP contribution in [0.4, 0.5) is 0 Å². The molecule has 0 aliphatic heterocycles. The summed E-state index contributed by atoms with van der Waals surface area (Å²) in [5, 5.41) is 0. The molecule has 0 bridgehead atoms. The van der Waals surface area contributed by atoms with Gasteiger partial charge in [-0.3, -0.25) is 4.79 Å². The number of aryl methyl sites for hydroxylation is 2. The summed E-state index contributed by atoms with van der Waals surface area (Å²) >= 11 is 0. The predicted octanol–water partition coefficient (Wildman–Crippen LogP) is 3.83. The second-order valence-corrected chi connectivity index (χ2v) is 5.20. The molecule has 0 saturated heterocycles. The van der Waals surface area contributed by atoms with Crippen molar-refractivity contribution >= 4 is 5.78 Å². The third kappa shape index (κ3) is 1.76. The van der Waals surface area contributed by atoms with Gasteiger partial charge in [-0.2, -0.15) is 0 Å². The van der Waals surface area contributed by atoms with E-state index in [0.717, 1.165) is 17.5 Å². The zero-order valence-corrected chi connectivity index (χ0v) is 10.7. The summed E-state index contributed by atoms with van der Waals surface area (Å²) in [6.45, 7) is 4.17. The Morgan fingerprint density at radius 1 is 1.00 bits per heavy atom. The van der Waals surface area contributed by atoms with E-state index in [1.165, 1.54) is 16.7 Å². The van der Waals surface area contributed by atoms with Gasteiger partial charge in [0.25, 0.3) is 0 Å². The van der Waals surface area contributed by atoms with Gasteiger partial charge in [0.2, 0.25) is 0 Å². The van der Waals surface area contributed by atoms with E-state index in [4.69, 9.17) is 0 Å².